The van der Waals surface area contributed by atoms with Crippen LogP contribution in [0.3, 0.4) is 0 Å². The minimum atomic E-state index is -0.434. The summed E-state index contributed by atoms with van der Waals surface area (Å²) in [6.07, 6.45) is 6.86. The molecule has 0 saturated heterocycles. The predicted molar refractivity (Wildman–Crippen MR) is 66.1 cm³/mol. The molecule has 0 aromatic carbocycles. The highest BCUT2D eigenvalue weighted by Gasteiger charge is 2.17. The summed E-state index contributed by atoms with van der Waals surface area (Å²) in [5, 5.41) is 3.14. The number of nitrogens with one attached hydrogen (secondary N) is 1. The maximum atomic E-state index is 13.5. The van der Waals surface area contributed by atoms with Crippen molar-refractivity contribution in [3.63, 3.8) is 0 Å². The molecular weight excluding hydrogens is 219 g/mol. The van der Waals surface area contributed by atoms with E-state index in [0.717, 1.165) is 25.0 Å². The van der Waals surface area contributed by atoms with Gasteiger partial charge in [0.15, 0.2) is 11.6 Å². The average Bonchev–Trinajstić information content (AvgIpc) is 2.49. The van der Waals surface area contributed by atoms with E-state index in [4.69, 9.17) is 5.73 Å². The molecule has 2 unspecified atom stereocenters. The number of hydrogen-bond acceptors (Lipinski definition) is 4. The Labute approximate surface area is 101 Å². The molecule has 0 bridgehead atoms. The molecule has 1 saturated carbocycles. The van der Waals surface area contributed by atoms with Gasteiger partial charge in [-0.1, -0.05) is 19.8 Å². The van der Waals surface area contributed by atoms with Gasteiger partial charge in [0.05, 0.1) is 6.20 Å². The first-order valence-electron chi connectivity index (χ1n) is 6.19. The van der Waals surface area contributed by atoms with E-state index in [0.29, 0.717) is 6.04 Å². The first-order valence-corrected chi connectivity index (χ1v) is 6.19. The molecule has 0 spiro atoms. The van der Waals surface area contributed by atoms with Gasteiger partial charge in [0.2, 0.25) is 5.95 Å². The third kappa shape index (κ3) is 3.28. The third-order valence-corrected chi connectivity index (χ3v) is 3.36. The Hall–Kier alpha value is -1.39. The van der Waals surface area contributed by atoms with E-state index in [1.165, 1.54) is 19.3 Å². The van der Waals surface area contributed by atoms with Crippen LogP contribution in [0.1, 0.15) is 39.0 Å². The largest absolute Gasteiger partial charge is 0.368 e. The molecule has 94 valence electrons. The molecular formula is C12H19FN4. The SMILES string of the molecule is CC1CCCC(Nc2nc(N)ncc2F)CC1. The summed E-state index contributed by atoms with van der Waals surface area (Å²) >= 11 is 0. The Morgan fingerprint density at radius 2 is 2.18 bits per heavy atom. The van der Waals surface area contributed by atoms with Crippen LogP contribution in [-0.4, -0.2) is 16.0 Å². The number of halogens is 1. The van der Waals surface area contributed by atoms with Crippen molar-refractivity contribution in [2.45, 2.75) is 45.1 Å². The molecule has 1 aromatic heterocycles. The fourth-order valence-corrected chi connectivity index (χ4v) is 2.31. The maximum Gasteiger partial charge on any atom is 0.222 e. The van der Waals surface area contributed by atoms with E-state index in [2.05, 4.69) is 22.2 Å². The lowest BCUT2D eigenvalue weighted by Crippen LogP contribution is -2.20. The zero-order valence-electron chi connectivity index (χ0n) is 10.1. The summed E-state index contributed by atoms with van der Waals surface area (Å²) < 4.78 is 13.5. The van der Waals surface area contributed by atoms with Gasteiger partial charge >= 0.3 is 0 Å². The first kappa shape index (κ1) is 12.1. The van der Waals surface area contributed by atoms with Crippen molar-refractivity contribution in [1.82, 2.24) is 9.97 Å². The second kappa shape index (κ2) is 5.29. The van der Waals surface area contributed by atoms with Gasteiger partial charge in [-0.15, -0.1) is 0 Å². The Balaban J connectivity index is 2.02. The molecule has 1 fully saturated rings. The monoisotopic (exact) mass is 238 g/mol. The van der Waals surface area contributed by atoms with E-state index in [9.17, 15) is 4.39 Å². The molecule has 1 aliphatic rings. The second-order valence-corrected chi connectivity index (χ2v) is 4.88. The number of aromatic nitrogens is 2. The lowest BCUT2D eigenvalue weighted by Gasteiger charge is -2.17. The molecule has 5 heteroatoms. The van der Waals surface area contributed by atoms with Crippen molar-refractivity contribution in [2.24, 2.45) is 5.92 Å². The van der Waals surface area contributed by atoms with Gasteiger partial charge in [-0.25, -0.2) is 9.37 Å². The van der Waals surface area contributed by atoms with Crippen molar-refractivity contribution < 1.29 is 4.39 Å². The quantitative estimate of drug-likeness (QED) is 0.777. The molecule has 0 radical (unpaired) electrons. The molecule has 2 atom stereocenters. The zero-order valence-corrected chi connectivity index (χ0v) is 10.1. The molecule has 17 heavy (non-hydrogen) atoms. The molecule has 1 aliphatic carbocycles. The second-order valence-electron chi connectivity index (χ2n) is 4.88. The van der Waals surface area contributed by atoms with Gasteiger partial charge in [-0.2, -0.15) is 4.98 Å². The lowest BCUT2D eigenvalue weighted by molar-refractivity contribution is 0.501. The molecule has 0 aliphatic heterocycles. The Morgan fingerprint density at radius 3 is 3.00 bits per heavy atom. The molecule has 2 rings (SSSR count). The molecule has 1 heterocycles. The van der Waals surface area contributed by atoms with Crippen molar-refractivity contribution >= 4 is 11.8 Å². The maximum absolute atomic E-state index is 13.5. The van der Waals surface area contributed by atoms with E-state index < -0.39 is 5.82 Å². The normalized spacial score (nSPS) is 25.3. The van der Waals surface area contributed by atoms with E-state index >= 15 is 0 Å². The Morgan fingerprint density at radius 1 is 1.35 bits per heavy atom. The van der Waals surface area contributed by atoms with Crippen LogP contribution in [-0.2, 0) is 0 Å². The van der Waals surface area contributed by atoms with Crippen molar-refractivity contribution in [2.75, 3.05) is 11.1 Å². The smallest absolute Gasteiger partial charge is 0.222 e. The van der Waals surface area contributed by atoms with E-state index in [1.54, 1.807) is 0 Å². The number of nitrogens with two attached hydrogens (primary N) is 1. The highest BCUT2D eigenvalue weighted by molar-refractivity contribution is 5.40. The topological polar surface area (TPSA) is 63.8 Å². The summed E-state index contributed by atoms with van der Waals surface area (Å²) in [5.74, 6) is 0.673. The minimum Gasteiger partial charge on any atom is -0.368 e. The lowest BCUT2D eigenvalue weighted by atomic mass is 10.0. The van der Waals surface area contributed by atoms with Crippen LogP contribution in [0, 0.1) is 11.7 Å². The predicted octanol–water partition coefficient (Wildman–Crippen LogP) is 2.58. The van der Waals surface area contributed by atoms with Gasteiger partial charge in [-0.05, 0) is 25.2 Å². The summed E-state index contributed by atoms with van der Waals surface area (Å²) in [4.78, 5) is 7.51. The third-order valence-electron chi connectivity index (χ3n) is 3.36. The number of nitrogens with zero attached hydrogens (tertiary/aromatic N) is 2. The van der Waals surface area contributed by atoms with E-state index in [1.807, 2.05) is 0 Å². The number of anilines is 2. The fraction of sp³-hybridized carbons (Fsp3) is 0.667. The van der Waals surface area contributed by atoms with Crippen molar-refractivity contribution in [3.05, 3.63) is 12.0 Å². The molecule has 4 nitrogen and oxygen atoms in total. The number of rotatable bonds is 2. The summed E-state index contributed by atoms with van der Waals surface area (Å²) in [5.41, 5.74) is 5.46. The Bertz CT molecular complexity index is 383. The Kier molecular flexibility index (Phi) is 3.76. The van der Waals surface area contributed by atoms with Crippen LogP contribution in [0.5, 0.6) is 0 Å². The van der Waals surface area contributed by atoms with Gasteiger partial charge in [0, 0.05) is 6.04 Å². The van der Waals surface area contributed by atoms with Gasteiger partial charge < -0.3 is 11.1 Å². The van der Waals surface area contributed by atoms with Crippen molar-refractivity contribution in [3.8, 4) is 0 Å². The van der Waals surface area contributed by atoms with Crippen LogP contribution < -0.4 is 11.1 Å². The van der Waals surface area contributed by atoms with E-state index in [-0.39, 0.29) is 11.8 Å². The first-order chi connectivity index (χ1) is 8.15. The summed E-state index contributed by atoms with van der Waals surface area (Å²) in [7, 11) is 0. The van der Waals surface area contributed by atoms with Gasteiger partial charge in [0.1, 0.15) is 0 Å². The zero-order chi connectivity index (χ0) is 12.3. The number of hydrogen-bond donors (Lipinski definition) is 2. The van der Waals surface area contributed by atoms with Gasteiger partial charge in [0.25, 0.3) is 0 Å². The van der Waals surface area contributed by atoms with Crippen LogP contribution in [0.15, 0.2) is 6.20 Å². The van der Waals surface area contributed by atoms with Crippen LogP contribution in [0.25, 0.3) is 0 Å². The molecule has 1 aromatic rings. The highest BCUT2D eigenvalue weighted by atomic mass is 19.1. The summed E-state index contributed by atoms with van der Waals surface area (Å²) in [6.45, 7) is 2.27. The minimum absolute atomic E-state index is 0.107. The van der Waals surface area contributed by atoms with Gasteiger partial charge in [-0.3, -0.25) is 0 Å². The molecule has 3 N–H and O–H groups in total. The highest BCUT2D eigenvalue weighted by Crippen LogP contribution is 2.25. The average molecular weight is 238 g/mol. The van der Waals surface area contributed by atoms with Crippen LogP contribution >= 0.6 is 0 Å². The fourth-order valence-electron chi connectivity index (χ4n) is 2.31. The summed E-state index contributed by atoms with van der Waals surface area (Å²) in [6, 6.07) is 0.295. The van der Waals surface area contributed by atoms with Crippen LogP contribution in [0.2, 0.25) is 0 Å². The molecule has 0 amide bonds. The number of nitrogen functional groups attached to an aromatic ring is 1. The van der Waals surface area contributed by atoms with Crippen molar-refractivity contribution in [1.29, 1.82) is 0 Å². The van der Waals surface area contributed by atoms with Crippen LogP contribution in [0.4, 0.5) is 16.2 Å². The standard InChI is InChI=1S/C12H19FN4/c1-8-3-2-4-9(6-5-8)16-11-10(13)7-15-12(14)17-11/h7-9H,2-6H2,1H3,(H3,14,15,16,17).